The normalized spacial score (nSPS) is 11.0. The molecule has 0 aliphatic carbocycles. The molecule has 26 heavy (non-hydrogen) atoms. The third kappa shape index (κ3) is 4.75. The number of anilines is 2. The van der Waals surface area contributed by atoms with Gasteiger partial charge in [-0.05, 0) is 23.6 Å². The second-order valence-corrected chi connectivity index (χ2v) is 7.21. The standard InChI is InChI=1S/C15H14ClN7OS2/c16-11-5-1-2-6-12(11)19-13(24)9-26-15-22-21-14(23(15)17)20-18-8-10-4-3-7-25-10/h1-8H,9,17H2,(H,19,24)(H,20,21)/b18-8+. The van der Waals surface area contributed by atoms with E-state index in [1.54, 1.807) is 41.8 Å². The van der Waals surface area contributed by atoms with Crippen molar-refractivity contribution in [3.63, 3.8) is 0 Å². The van der Waals surface area contributed by atoms with Crippen LogP contribution in [-0.4, -0.2) is 32.7 Å². The summed E-state index contributed by atoms with van der Waals surface area (Å²) in [6.45, 7) is 0. The van der Waals surface area contributed by atoms with Gasteiger partial charge in [-0.2, -0.15) is 5.10 Å². The van der Waals surface area contributed by atoms with Gasteiger partial charge in [-0.25, -0.2) is 10.1 Å². The molecule has 0 fully saturated rings. The second kappa shape index (κ2) is 8.70. The quantitative estimate of drug-likeness (QED) is 0.240. The van der Waals surface area contributed by atoms with Crippen LogP contribution < -0.4 is 16.6 Å². The van der Waals surface area contributed by atoms with Gasteiger partial charge in [0.15, 0.2) is 0 Å². The number of hydrazone groups is 1. The smallest absolute Gasteiger partial charge is 0.264 e. The topological polar surface area (TPSA) is 110 Å². The van der Waals surface area contributed by atoms with Crippen LogP contribution in [0.3, 0.4) is 0 Å². The Morgan fingerprint density at radius 2 is 2.19 bits per heavy atom. The van der Waals surface area contributed by atoms with Gasteiger partial charge in [0.25, 0.3) is 5.95 Å². The van der Waals surface area contributed by atoms with Gasteiger partial charge in [0.05, 0.1) is 22.7 Å². The summed E-state index contributed by atoms with van der Waals surface area (Å²) >= 11 is 8.72. The lowest BCUT2D eigenvalue weighted by Crippen LogP contribution is -2.17. The van der Waals surface area contributed by atoms with Crippen LogP contribution in [0.1, 0.15) is 4.88 Å². The van der Waals surface area contributed by atoms with Gasteiger partial charge in [-0.1, -0.05) is 41.6 Å². The molecular formula is C15H14ClN7OS2. The van der Waals surface area contributed by atoms with Crippen LogP contribution in [-0.2, 0) is 4.79 Å². The van der Waals surface area contributed by atoms with Crippen molar-refractivity contribution in [2.24, 2.45) is 5.10 Å². The van der Waals surface area contributed by atoms with E-state index in [9.17, 15) is 4.79 Å². The zero-order valence-electron chi connectivity index (χ0n) is 13.3. The van der Waals surface area contributed by atoms with Gasteiger partial charge in [-0.3, -0.25) is 4.79 Å². The lowest BCUT2D eigenvalue weighted by atomic mass is 10.3. The number of benzene rings is 1. The van der Waals surface area contributed by atoms with Crippen LogP contribution in [0.2, 0.25) is 5.02 Å². The fourth-order valence-corrected chi connectivity index (χ4v) is 3.27. The third-order valence-corrected chi connectivity index (χ3v) is 5.12. The van der Waals surface area contributed by atoms with Gasteiger partial charge in [0.1, 0.15) is 0 Å². The molecule has 11 heteroatoms. The summed E-state index contributed by atoms with van der Waals surface area (Å²) in [5.74, 6) is 6.06. The number of thioether (sulfide) groups is 1. The van der Waals surface area contributed by atoms with Crippen molar-refractivity contribution in [2.45, 2.75) is 5.16 Å². The van der Waals surface area contributed by atoms with Gasteiger partial charge in [-0.15, -0.1) is 21.5 Å². The molecule has 3 rings (SSSR count). The number of nitrogens with two attached hydrogens (primary N) is 1. The van der Waals surface area contributed by atoms with Gasteiger partial charge in [0.2, 0.25) is 11.1 Å². The maximum atomic E-state index is 12.0. The Hall–Kier alpha value is -2.56. The lowest BCUT2D eigenvalue weighted by Gasteiger charge is -2.06. The van der Waals surface area contributed by atoms with Crippen LogP contribution in [0.25, 0.3) is 0 Å². The molecule has 8 nitrogen and oxygen atoms in total. The highest BCUT2D eigenvalue weighted by Gasteiger charge is 2.12. The molecule has 134 valence electrons. The van der Waals surface area contributed by atoms with Crippen molar-refractivity contribution in [1.82, 2.24) is 14.9 Å². The van der Waals surface area contributed by atoms with E-state index in [1.807, 2.05) is 17.5 Å². The fourth-order valence-electron chi connectivity index (χ4n) is 1.85. The number of rotatable bonds is 7. The monoisotopic (exact) mass is 407 g/mol. The first kappa shape index (κ1) is 18.2. The number of amides is 1. The van der Waals surface area contributed by atoms with E-state index in [2.05, 4.69) is 26.0 Å². The number of halogens is 1. The van der Waals surface area contributed by atoms with Crippen LogP contribution in [0.5, 0.6) is 0 Å². The highest BCUT2D eigenvalue weighted by atomic mass is 35.5. The average Bonchev–Trinajstić information content (AvgIpc) is 3.26. The first-order chi connectivity index (χ1) is 12.6. The van der Waals surface area contributed by atoms with Crippen molar-refractivity contribution in [2.75, 3.05) is 22.3 Å². The number of thiophene rings is 1. The molecule has 0 aliphatic rings. The Morgan fingerprint density at radius 3 is 2.96 bits per heavy atom. The summed E-state index contributed by atoms with van der Waals surface area (Å²) < 4.78 is 1.24. The van der Waals surface area contributed by atoms with Gasteiger partial charge < -0.3 is 11.2 Å². The van der Waals surface area contributed by atoms with Gasteiger partial charge in [0, 0.05) is 4.88 Å². The van der Waals surface area contributed by atoms with E-state index in [-0.39, 0.29) is 17.6 Å². The molecule has 3 aromatic rings. The van der Waals surface area contributed by atoms with Crippen molar-refractivity contribution < 1.29 is 4.79 Å². The number of nitrogens with zero attached hydrogens (tertiary/aromatic N) is 4. The highest BCUT2D eigenvalue weighted by molar-refractivity contribution is 7.99. The molecule has 0 unspecified atom stereocenters. The van der Waals surface area contributed by atoms with Crippen molar-refractivity contribution in [1.29, 1.82) is 0 Å². The Bertz CT molecular complexity index is 911. The van der Waals surface area contributed by atoms with Crippen molar-refractivity contribution in [3.05, 3.63) is 51.7 Å². The van der Waals surface area contributed by atoms with E-state index in [0.29, 0.717) is 15.9 Å². The summed E-state index contributed by atoms with van der Waals surface area (Å²) in [7, 11) is 0. The van der Waals surface area contributed by atoms with E-state index in [4.69, 9.17) is 17.4 Å². The second-order valence-electron chi connectivity index (χ2n) is 4.88. The minimum Gasteiger partial charge on any atom is -0.334 e. The molecule has 0 spiro atoms. The molecule has 0 aliphatic heterocycles. The van der Waals surface area contributed by atoms with E-state index >= 15 is 0 Å². The number of hydrogen-bond donors (Lipinski definition) is 3. The maximum absolute atomic E-state index is 12.0. The summed E-state index contributed by atoms with van der Waals surface area (Å²) in [6, 6.07) is 10.9. The summed E-state index contributed by atoms with van der Waals surface area (Å²) in [4.78, 5) is 13.0. The number of para-hydroxylation sites is 1. The van der Waals surface area contributed by atoms with Crippen LogP contribution in [0, 0.1) is 0 Å². The largest absolute Gasteiger partial charge is 0.334 e. The number of carbonyl (C=O) groups is 1. The lowest BCUT2D eigenvalue weighted by molar-refractivity contribution is -0.113. The molecule has 0 bridgehead atoms. The number of carbonyl (C=O) groups excluding carboxylic acids is 1. The molecule has 0 atom stereocenters. The summed E-state index contributed by atoms with van der Waals surface area (Å²) in [6.07, 6.45) is 1.66. The van der Waals surface area contributed by atoms with Crippen molar-refractivity contribution in [3.8, 4) is 0 Å². The predicted molar refractivity (Wildman–Crippen MR) is 107 cm³/mol. The maximum Gasteiger partial charge on any atom is 0.264 e. The molecule has 1 aromatic carbocycles. The number of nitrogens with one attached hydrogen (secondary N) is 2. The summed E-state index contributed by atoms with van der Waals surface area (Å²) in [5.41, 5.74) is 3.27. The summed E-state index contributed by atoms with van der Waals surface area (Å²) in [5, 5.41) is 17.4. The fraction of sp³-hybridized carbons (Fsp3) is 0.0667. The van der Waals surface area contributed by atoms with Crippen LogP contribution in [0.15, 0.2) is 52.0 Å². The number of hydrogen-bond acceptors (Lipinski definition) is 8. The van der Waals surface area contributed by atoms with Crippen LogP contribution in [0.4, 0.5) is 11.6 Å². The molecule has 2 heterocycles. The predicted octanol–water partition coefficient (Wildman–Crippen LogP) is 2.88. The van der Waals surface area contributed by atoms with Gasteiger partial charge >= 0.3 is 0 Å². The minimum absolute atomic E-state index is 0.110. The molecule has 0 saturated carbocycles. The molecule has 1 amide bonds. The van der Waals surface area contributed by atoms with E-state index in [1.165, 1.54) is 4.68 Å². The molecule has 0 radical (unpaired) electrons. The minimum atomic E-state index is -0.226. The Morgan fingerprint density at radius 1 is 1.35 bits per heavy atom. The molecule has 4 N–H and O–H groups in total. The molecule has 0 saturated heterocycles. The Labute approximate surface area is 162 Å². The third-order valence-electron chi connectivity index (χ3n) is 3.04. The molecule has 2 aromatic heterocycles. The molecular weight excluding hydrogens is 394 g/mol. The first-order valence-electron chi connectivity index (χ1n) is 7.34. The zero-order valence-corrected chi connectivity index (χ0v) is 15.7. The number of nitrogen functional groups attached to an aromatic ring is 1. The Balaban J connectivity index is 1.53. The van der Waals surface area contributed by atoms with E-state index < -0.39 is 0 Å². The Kier molecular flexibility index (Phi) is 6.10. The highest BCUT2D eigenvalue weighted by Crippen LogP contribution is 2.22. The van der Waals surface area contributed by atoms with Crippen LogP contribution >= 0.6 is 34.7 Å². The van der Waals surface area contributed by atoms with E-state index in [0.717, 1.165) is 16.6 Å². The first-order valence-corrected chi connectivity index (χ1v) is 9.58. The SMILES string of the molecule is Nn1c(N/N=C/c2cccs2)nnc1SCC(=O)Nc1ccccc1Cl. The average molecular weight is 408 g/mol. The zero-order chi connectivity index (χ0) is 18.4. The van der Waals surface area contributed by atoms with Crippen molar-refractivity contribution >= 4 is 58.5 Å². The number of aromatic nitrogens is 3.